The van der Waals surface area contributed by atoms with Crippen LogP contribution in [0.15, 0.2) is 29.4 Å². The standard InChI is InChI=1S/C14H21N3O/c1-2-17(10-11-4-3-5-11)13-8-6-12(7-9-13)14(15)16-18/h6-9,11,18H,2-5,10H2,1H3,(H2,15,16). The van der Waals surface area contributed by atoms with E-state index in [-0.39, 0.29) is 5.84 Å². The van der Waals surface area contributed by atoms with Gasteiger partial charge in [0, 0.05) is 24.3 Å². The molecule has 1 aromatic rings. The van der Waals surface area contributed by atoms with Gasteiger partial charge in [0.2, 0.25) is 0 Å². The molecule has 98 valence electrons. The lowest BCUT2D eigenvalue weighted by Gasteiger charge is -2.33. The zero-order valence-electron chi connectivity index (χ0n) is 10.8. The molecule has 0 unspecified atom stereocenters. The first kappa shape index (κ1) is 12.7. The minimum Gasteiger partial charge on any atom is -0.409 e. The molecule has 1 aliphatic carbocycles. The minimum absolute atomic E-state index is 0.156. The average Bonchev–Trinajstić information content (AvgIpc) is 2.37. The van der Waals surface area contributed by atoms with Crippen molar-refractivity contribution in [2.24, 2.45) is 16.8 Å². The molecule has 1 saturated carbocycles. The van der Waals surface area contributed by atoms with Crippen LogP contribution in [0, 0.1) is 5.92 Å². The van der Waals surface area contributed by atoms with Crippen molar-refractivity contribution < 1.29 is 5.21 Å². The lowest BCUT2D eigenvalue weighted by molar-refractivity contribution is 0.318. The van der Waals surface area contributed by atoms with Gasteiger partial charge in [0.25, 0.3) is 0 Å². The summed E-state index contributed by atoms with van der Waals surface area (Å²) in [5.74, 6) is 1.01. The van der Waals surface area contributed by atoms with Crippen LogP contribution in [0.4, 0.5) is 5.69 Å². The molecular formula is C14H21N3O. The van der Waals surface area contributed by atoms with E-state index in [0.29, 0.717) is 0 Å². The molecule has 1 aliphatic rings. The number of nitrogens with two attached hydrogens (primary N) is 1. The number of hydrogen-bond acceptors (Lipinski definition) is 3. The van der Waals surface area contributed by atoms with Crippen molar-refractivity contribution in [1.82, 2.24) is 0 Å². The molecule has 3 N–H and O–H groups in total. The molecule has 18 heavy (non-hydrogen) atoms. The molecule has 0 bridgehead atoms. The minimum atomic E-state index is 0.156. The third-order valence-electron chi connectivity index (χ3n) is 3.72. The first-order valence-corrected chi connectivity index (χ1v) is 6.57. The van der Waals surface area contributed by atoms with Gasteiger partial charge in [-0.05, 0) is 49.9 Å². The van der Waals surface area contributed by atoms with E-state index < -0.39 is 0 Å². The van der Waals surface area contributed by atoms with Gasteiger partial charge in [-0.3, -0.25) is 0 Å². The number of oxime groups is 1. The number of benzene rings is 1. The van der Waals surface area contributed by atoms with E-state index in [1.807, 2.05) is 24.3 Å². The molecule has 0 radical (unpaired) electrons. The van der Waals surface area contributed by atoms with Gasteiger partial charge in [-0.1, -0.05) is 11.6 Å². The molecular weight excluding hydrogens is 226 g/mol. The first-order chi connectivity index (χ1) is 8.74. The second-order valence-electron chi connectivity index (χ2n) is 4.87. The lowest BCUT2D eigenvalue weighted by Crippen LogP contribution is -2.32. The van der Waals surface area contributed by atoms with Crippen LogP contribution in [-0.4, -0.2) is 24.1 Å². The summed E-state index contributed by atoms with van der Waals surface area (Å²) in [5.41, 5.74) is 7.51. The summed E-state index contributed by atoms with van der Waals surface area (Å²) < 4.78 is 0. The Balaban J connectivity index is 2.06. The summed E-state index contributed by atoms with van der Waals surface area (Å²) in [6.07, 6.45) is 4.10. The highest BCUT2D eigenvalue weighted by Gasteiger charge is 2.20. The molecule has 0 spiro atoms. The summed E-state index contributed by atoms with van der Waals surface area (Å²) >= 11 is 0. The monoisotopic (exact) mass is 247 g/mol. The first-order valence-electron chi connectivity index (χ1n) is 6.57. The van der Waals surface area contributed by atoms with E-state index in [4.69, 9.17) is 10.9 Å². The molecule has 1 fully saturated rings. The van der Waals surface area contributed by atoms with Crippen LogP contribution in [0.3, 0.4) is 0 Å². The predicted molar refractivity (Wildman–Crippen MR) is 74.2 cm³/mol. The molecule has 0 saturated heterocycles. The molecule has 4 heteroatoms. The lowest BCUT2D eigenvalue weighted by atomic mass is 9.85. The number of anilines is 1. The van der Waals surface area contributed by atoms with Gasteiger partial charge < -0.3 is 15.8 Å². The van der Waals surface area contributed by atoms with Crippen LogP contribution in [0.2, 0.25) is 0 Å². The number of rotatable bonds is 5. The van der Waals surface area contributed by atoms with Gasteiger partial charge in [-0.15, -0.1) is 0 Å². The Morgan fingerprint density at radius 1 is 1.39 bits per heavy atom. The van der Waals surface area contributed by atoms with Crippen molar-refractivity contribution in [3.63, 3.8) is 0 Å². The molecule has 0 heterocycles. The van der Waals surface area contributed by atoms with Crippen molar-refractivity contribution in [3.05, 3.63) is 29.8 Å². The number of hydrogen-bond donors (Lipinski definition) is 2. The number of amidine groups is 1. The van der Waals surface area contributed by atoms with Crippen molar-refractivity contribution in [1.29, 1.82) is 0 Å². The predicted octanol–water partition coefficient (Wildman–Crippen LogP) is 2.41. The van der Waals surface area contributed by atoms with E-state index >= 15 is 0 Å². The Morgan fingerprint density at radius 2 is 2.06 bits per heavy atom. The fourth-order valence-corrected chi connectivity index (χ4v) is 2.30. The fraction of sp³-hybridized carbons (Fsp3) is 0.500. The van der Waals surface area contributed by atoms with E-state index in [0.717, 1.165) is 24.6 Å². The van der Waals surface area contributed by atoms with E-state index in [9.17, 15) is 0 Å². The SMILES string of the molecule is CCN(CC1CCC1)c1ccc(/C(N)=N/O)cc1. The van der Waals surface area contributed by atoms with Gasteiger partial charge in [-0.2, -0.15) is 0 Å². The van der Waals surface area contributed by atoms with Gasteiger partial charge in [0.05, 0.1) is 0 Å². The molecule has 1 aromatic carbocycles. The van der Waals surface area contributed by atoms with Crippen LogP contribution in [0.1, 0.15) is 31.7 Å². The third-order valence-corrected chi connectivity index (χ3v) is 3.72. The number of nitrogens with zero attached hydrogens (tertiary/aromatic N) is 2. The molecule has 0 aliphatic heterocycles. The molecule has 2 rings (SSSR count). The van der Waals surface area contributed by atoms with Crippen molar-refractivity contribution in [2.75, 3.05) is 18.0 Å². The van der Waals surface area contributed by atoms with Crippen molar-refractivity contribution in [3.8, 4) is 0 Å². The van der Waals surface area contributed by atoms with E-state index in [1.54, 1.807) is 0 Å². The average molecular weight is 247 g/mol. The second kappa shape index (κ2) is 5.76. The highest BCUT2D eigenvalue weighted by molar-refractivity contribution is 5.97. The zero-order chi connectivity index (χ0) is 13.0. The maximum atomic E-state index is 8.62. The van der Waals surface area contributed by atoms with Crippen LogP contribution < -0.4 is 10.6 Å². The van der Waals surface area contributed by atoms with Crippen LogP contribution >= 0.6 is 0 Å². The van der Waals surface area contributed by atoms with Crippen molar-refractivity contribution in [2.45, 2.75) is 26.2 Å². The molecule has 0 amide bonds. The van der Waals surface area contributed by atoms with Crippen LogP contribution in [0.5, 0.6) is 0 Å². The summed E-state index contributed by atoms with van der Waals surface area (Å²) in [6.45, 7) is 4.33. The van der Waals surface area contributed by atoms with Gasteiger partial charge in [0.15, 0.2) is 5.84 Å². The van der Waals surface area contributed by atoms with Gasteiger partial charge in [-0.25, -0.2) is 0 Å². The zero-order valence-corrected chi connectivity index (χ0v) is 10.8. The van der Waals surface area contributed by atoms with Gasteiger partial charge in [0.1, 0.15) is 0 Å². The maximum absolute atomic E-state index is 8.62. The summed E-state index contributed by atoms with van der Waals surface area (Å²) in [4.78, 5) is 2.39. The Hall–Kier alpha value is -1.71. The summed E-state index contributed by atoms with van der Waals surface area (Å²) in [5, 5.41) is 11.6. The van der Waals surface area contributed by atoms with E-state index in [2.05, 4.69) is 17.0 Å². The fourth-order valence-electron chi connectivity index (χ4n) is 2.30. The van der Waals surface area contributed by atoms with E-state index in [1.165, 1.54) is 24.9 Å². The largest absolute Gasteiger partial charge is 0.409 e. The topological polar surface area (TPSA) is 61.8 Å². The molecule has 4 nitrogen and oxygen atoms in total. The highest BCUT2D eigenvalue weighted by atomic mass is 16.4. The van der Waals surface area contributed by atoms with Gasteiger partial charge >= 0.3 is 0 Å². The quantitative estimate of drug-likeness (QED) is 0.363. The molecule has 0 aromatic heterocycles. The third kappa shape index (κ3) is 2.75. The maximum Gasteiger partial charge on any atom is 0.170 e. The Bertz CT molecular complexity index is 410. The summed E-state index contributed by atoms with van der Waals surface area (Å²) in [7, 11) is 0. The Kier molecular flexibility index (Phi) is 4.07. The van der Waals surface area contributed by atoms with Crippen LogP contribution in [0.25, 0.3) is 0 Å². The Morgan fingerprint density at radius 3 is 2.50 bits per heavy atom. The molecule has 0 atom stereocenters. The Labute approximate surface area is 108 Å². The van der Waals surface area contributed by atoms with Crippen molar-refractivity contribution >= 4 is 11.5 Å². The highest BCUT2D eigenvalue weighted by Crippen LogP contribution is 2.28. The second-order valence-corrected chi connectivity index (χ2v) is 4.87. The summed E-state index contributed by atoms with van der Waals surface area (Å²) in [6, 6.07) is 7.87. The normalized spacial score (nSPS) is 16.4. The smallest absolute Gasteiger partial charge is 0.170 e. The van der Waals surface area contributed by atoms with Crippen LogP contribution in [-0.2, 0) is 0 Å².